The van der Waals surface area contributed by atoms with Crippen LogP contribution in [0.1, 0.15) is 17.4 Å². The first kappa shape index (κ1) is 12.1. The molecule has 0 amide bonds. The zero-order chi connectivity index (χ0) is 12.4. The predicted molar refractivity (Wildman–Crippen MR) is 65.4 cm³/mol. The van der Waals surface area contributed by atoms with Crippen LogP contribution in [0.2, 0.25) is 0 Å². The Morgan fingerprint density at radius 1 is 1.41 bits per heavy atom. The van der Waals surface area contributed by atoms with Gasteiger partial charge in [0.1, 0.15) is 5.76 Å². The molecule has 0 aliphatic rings. The monoisotopic (exact) mass is 299 g/mol. The first-order valence-corrected chi connectivity index (χ1v) is 5.74. The van der Waals surface area contributed by atoms with E-state index in [1.165, 1.54) is 19.4 Å². The van der Waals surface area contributed by atoms with Crippen LogP contribution < -0.4 is 10.5 Å². The van der Waals surface area contributed by atoms with Crippen LogP contribution in [-0.4, -0.2) is 7.11 Å². The average molecular weight is 300 g/mol. The normalized spacial score (nSPS) is 12.5. The molecule has 1 aromatic carbocycles. The van der Waals surface area contributed by atoms with Gasteiger partial charge >= 0.3 is 0 Å². The molecule has 2 aromatic rings. The van der Waals surface area contributed by atoms with Gasteiger partial charge < -0.3 is 14.9 Å². The second-order valence-electron chi connectivity index (χ2n) is 3.50. The van der Waals surface area contributed by atoms with Crippen molar-refractivity contribution < 1.29 is 13.5 Å². The zero-order valence-electron chi connectivity index (χ0n) is 9.11. The van der Waals surface area contributed by atoms with Crippen LogP contribution >= 0.6 is 15.9 Å². The third-order valence-corrected chi connectivity index (χ3v) is 3.12. The van der Waals surface area contributed by atoms with Gasteiger partial charge in [-0.3, -0.25) is 0 Å². The maximum absolute atomic E-state index is 13.5. The van der Waals surface area contributed by atoms with Gasteiger partial charge in [-0.1, -0.05) is 6.07 Å². The van der Waals surface area contributed by atoms with Crippen molar-refractivity contribution in [1.82, 2.24) is 0 Å². The van der Waals surface area contributed by atoms with Gasteiger partial charge in [-0.05, 0) is 39.7 Å². The molecule has 2 rings (SSSR count). The first-order valence-electron chi connectivity index (χ1n) is 4.95. The van der Waals surface area contributed by atoms with E-state index in [1.807, 2.05) is 0 Å². The van der Waals surface area contributed by atoms with Gasteiger partial charge in [0.25, 0.3) is 0 Å². The van der Waals surface area contributed by atoms with E-state index in [9.17, 15) is 4.39 Å². The highest BCUT2D eigenvalue weighted by Gasteiger charge is 2.17. The van der Waals surface area contributed by atoms with Gasteiger partial charge in [-0.2, -0.15) is 0 Å². The summed E-state index contributed by atoms with van der Waals surface area (Å²) in [5.41, 5.74) is 6.61. The maximum atomic E-state index is 13.5. The number of halogens is 2. The molecule has 0 saturated heterocycles. The fraction of sp³-hybridized carbons (Fsp3) is 0.167. The van der Waals surface area contributed by atoms with Crippen molar-refractivity contribution in [3.8, 4) is 5.75 Å². The third-order valence-electron chi connectivity index (χ3n) is 2.46. The van der Waals surface area contributed by atoms with Crippen LogP contribution in [0.3, 0.4) is 0 Å². The Labute approximate surface area is 106 Å². The smallest absolute Gasteiger partial charge is 0.165 e. The van der Waals surface area contributed by atoms with Gasteiger partial charge in [-0.15, -0.1) is 0 Å². The molecular weight excluding hydrogens is 289 g/mol. The minimum Gasteiger partial charge on any atom is -0.494 e. The lowest BCUT2D eigenvalue weighted by Crippen LogP contribution is -2.11. The van der Waals surface area contributed by atoms with Crippen molar-refractivity contribution >= 4 is 15.9 Å². The van der Waals surface area contributed by atoms with Crippen LogP contribution in [0.15, 0.2) is 39.4 Å². The maximum Gasteiger partial charge on any atom is 0.165 e. The summed E-state index contributed by atoms with van der Waals surface area (Å²) in [7, 11) is 1.42. The average Bonchev–Trinajstić information content (AvgIpc) is 2.74. The van der Waals surface area contributed by atoms with Gasteiger partial charge in [0, 0.05) is 0 Å². The summed E-state index contributed by atoms with van der Waals surface area (Å²) in [6.07, 6.45) is 1.53. The Kier molecular flexibility index (Phi) is 3.49. The largest absolute Gasteiger partial charge is 0.494 e. The molecule has 1 heterocycles. The van der Waals surface area contributed by atoms with E-state index in [4.69, 9.17) is 14.9 Å². The quantitative estimate of drug-likeness (QED) is 0.946. The fourth-order valence-electron chi connectivity index (χ4n) is 1.55. The van der Waals surface area contributed by atoms with Crippen LogP contribution in [0.25, 0.3) is 0 Å². The van der Waals surface area contributed by atoms with Gasteiger partial charge in [0.2, 0.25) is 0 Å². The summed E-state index contributed by atoms with van der Waals surface area (Å²) in [5, 5.41) is 0. The Hall–Kier alpha value is -1.33. The molecule has 5 heteroatoms. The van der Waals surface area contributed by atoms with Crippen molar-refractivity contribution in [2.24, 2.45) is 5.73 Å². The minimum atomic E-state index is -0.514. The molecule has 0 fully saturated rings. The number of hydrogen-bond acceptors (Lipinski definition) is 3. The summed E-state index contributed by atoms with van der Waals surface area (Å²) in [4.78, 5) is 0. The van der Waals surface area contributed by atoms with E-state index in [2.05, 4.69) is 15.9 Å². The predicted octanol–water partition coefficient (Wildman–Crippen LogP) is 3.24. The molecule has 3 nitrogen and oxygen atoms in total. The molecule has 90 valence electrons. The van der Waals surface area contributed by atoms with E-state index in [0.29, 0.717) is 11.3 Å². The van der Waals surface area contributed by atoms with Crippen LogP contribution in [-0.2, 0) is 0 Å². The Bertz CT molecular complexity index is 527. The van der Waals surface area contributed by atoms with Crippen LogP contribution in [0, 0.1) is 5.82 Å². The lowest BCUT2D eigenvalue weighted by atomic mass is 10.1. The summed E-state index contributed by atoms with van der Waals surface area (Å²) < 4.78 is 24.4. The molecule has 0 spiro atoms. The lowest BCUT2D eigenvalue weighted by Gasteiger charge is -2.11. The highest BCUT2D eigenvalue weighted by atomic mass is 79.9. The number of methoxy groups -OCH3 is 1. The summed E-state index contributed by atoms with van der Waals surface area (Å²) in [5.74, 6) is 0.317. The third kappa shape index (κ3) is 2.35. The van der Waals surface area contributed by atoms with E-state index in [1.54, 1.807) is 18.2 Å². The number of furan rings is 1. The molecule has 17 heavy (non-hydrogen) atoms. The second-order valence-corrected chi connectivity index (χ2v) is 4.36. The molecular formula is C12H11BrFNO2. The van der Waals surface area contributed by atoms with E-state index >= 15 is 0 Å². The van der Waals surface area contributed by atoms with Crippen molar-refractivity contribution in [2.45, 2.75) is 6.04 Å². The molecule has 0 aliphatic heterocycles. The summed E-state index contributed by atoms with van der Waals surface area (Å²) in [6.45, 7) is 0. The van der Waals surface area contributed by atoms with Gasteiger partial charge in [0.15, 0.2) is 11.6 Å². The number of benzene rings is 1. The molecule has 0 aliphatic carbocycles. The number of ether oxygens (including phenoxy) is 1. The Morgan fingerprint density at radius 2 is 2.18 bits per heavy atom. The Morgan fingerprint density at radius 3 is 2.71 bits per heavy atom. The van der Waals surface area contributed by atoms with E-state index < -0.39 is 11.9 Å². The molecule has 2 N–H and O–H groups in total. The first-order chi connectivity index (χ1) is 8.13. The topological polar surface area (TPSA) is 48.4 Å². The number of hydrogen-bond donors (Lipinski definition) is 1. The second kappa shape index (κ2) is 4.89. The summed E-state index contributed by atoms with van der Waals surface area (Å²) in [6, 6.07) is 5.83. The number of nitrogens with two attached hydrogens (primary N) is 1. The minimum absolute atomic E-state index is 0.194. The van der Waals surface area contributed by atoms with Crippen molar-refractivity contribution in [1.29, 1.82) is 0 Å². The molecule has 1 aromatic heterocycles. The van der Waals surface area contributed by atoms with Gasteiger partial charge in [0.05, 0.1) is 23.9 Å². The fourth-order valence-corrected chi connectivity index (χ4v) is 2.00. The van der Waals surface area contributed by atoms with E-state index in [0.717, 1.165) is 4.47 Å². The molecule has 1 atom stereocenters. The SMILES string of the molecule is COc1ccc(C(N)c2occc2Br)cc1F. The molecule has 1 unspecified atom stereocenters. The zero-order valence-corrected chi connectivity index (χ0v) is 10.7. The highest BCUT2D eigenvalue weighted by Crippen LogP contribution is 2.29. The number of rotatable bonds is 3. The molecule has 0 bridgehead atoms. The summed E-state index contributed by atoms with van der Waals surface area (Å²) >= 11 is 3.32. The van der Waals surface area contributed by atoms with Crippen molar-refractivity contribution in [3.63, 3.8) is 0 Å². The van der Waals surface area contributed by atoms with Crippen molar-refractivity contribution in [2.75, 3.05) is 7.11 Å². The molecule has 0 saturated carbocycles. The van der Waals surface area contributed by atoms with Gasteiger partial charge in [-0.25, -0.2) is 4.39 Å². The lowest BCUT2D eigenvalue weighted by molar-refractivity contribution is 0.385. The van der Waals surface area contributed by atoms with Crippen molar-refractivity contribution in [3.05, 3.63) is 52.1 Å². The van der Waals surface area contributed by atoms with Crippen LogP contribution in [0.5, 0.6) is 5.75 Å². The van der Waals surface area contributed by atoms with Crippen LogP contribution in [0.4, 0.5) is 4.39 Å². The Balaban J connectivity index is 2.35. The van der Waals surface area contributed by atoms with E-state index in [-0.39, 0.29) is 5.75 Å². The standard InChI is InChI=1S/C12H11BrFNO2/c1-16-10-3-2-7(6-9(10)14)11(15)12-8(13)4-5-17-12/h2-6,11H,15H2,1H3. The molecule has 0 radical (unpaired) electrons. The highest BCUT2D eigenvalue weighted by molar-refractivity contribution is 9.10.